The first-order valence-electron chi connectivity index (χ1n) is 18.1. The molecule has 2 aromatic heterocycles. The number of nitrogens with zero attached hydrogens (tertiary/aromatic N) is 3. The number of carbonyl (C=O) groups excluding carboxylic acids is 2. The molecule has 3 unspecified atom stereocenters. The summed E-state index contributed by atoms with van der Waals surface area (Å²) in [5, 5.41) is 14.6. The molecule has 312 valence electrons. The molecule has 60 heavy (non-hydrogen) atoms. The Morgan fingerprint density at radius 2 is 1.45 bits per heavy atom. The molecule has 6 N–H and O–H groups in total. The summed E-state index contributed by atoms with van der Waals surface area (Å²) < 4.78 is 60.8. The minimum absolute atomic E-state index is 0.265. The van der Waals surface area contributed by atoms with Crippen molar-refractivity contribution in [1.82, 2.24) is 14.0 Å². The molecule has 1 aliphatic rings. The van der Waals surface area contributed by atoms with E-state index in [0.717, 1.165) is 15.7 Å². The molecule has 21 heteroatoms. The summed E-state index contributed by atoms with van der Waals surface area (Å²) in [6.45, 7) is 0.977. The molecule has 7 rings (SSSR count). The summed E-state index contributed by atoms with van der Waals surface area (Å²) in [4.78, 5) is 56.4. The van der Waals surface area contributed by atoms with Crippen LogP contribution in [0.3, 0.4) is 0 Å². The first-order valence-corrected chi connectivity index (χ1v) is 21.3. The quantitative estimate of drug-likeness (QED) is 0.0314. The van der Waals surface area contributed by atoms with Crippen LogP contribution in [-0.2, 0) is 43.0 Å². The highest BCUT2D eigenvalue weighted by Crippen LogP contribution is 2.64. The van der Waals surface area contributed by atoms with E-state index in [4.69, 9.17) is 28.8 Å². The molecule has 19 nitrogen and oxygen atoms in total. The molecule has 6 aromatic rings. The molecular weight excluding hydrogens is 822 g/mol. The molecule has 0 spiro atoms. The highest BCUT2D eigenvalue weighted by molar-refractivity contribution is 7.64. The smallest absolute Gasteiger partial charge is 0.439 e. The average molecular weight is 861 g/mol. The largest absolute Gasteiger partial charge is 0.479 e. The van der Waals surface area contributed by atoms with Crippen LogP contribution in [0, 0.1) is 6.92 Å². The molecule has 2 amide bonds. The lowest BCUT2D eigenvalue weighted by Gasteiger charge is -2.25. The lowest BCUT2D eigenvalue weighted by Crippen LogP contribution is -2.43. The number of ether oxygens (including phenoxy) is 3. The van der Waals surface area contributed by atoms with Crippen molar-refractivity contribution in [3.8, 4) is 11.3 Å². The van der Waals surface area contributed by atoms with Gasteiger partial charge in [0.25, 0.3) is 0 Å². The molecule has 3 heterocycles. The van der Waals surface area contributed by atoms with Crippen LogP contribution in [0.4, 0.5) is 26.7 Å². The number of anilines is 3. The molecule has 0 saturated carbocycles. The lowest BCUT2D eigenvalue weighted by atomic mass is 10.1. The number of fused-ring (bicyclic) bond motifs is 1. The SMILES string of the molecule is Cc1ccc(-c2cn3c(=O)n([C@@H]4O[C@H](COP(=O)(O)OP(=O)(Cc5ccc(N)cc5)OO)[C@H](OC(=O)Nc5ccccc5)C4OC(=O)Nc4ccccc4)ccc3n2)cc1. The first kappa shape index (κ1) is 42.0. The molecule has 1 aliphatic heterocycles. The fourth-order valence-corrected chi connectivity index (χ4v) is 9.09. The second-order valence-electron chi connectivity index (χ2n) is 13.5. The number of phosphoric ester groups is 1. The number of para-hydroxylation sites is 2. The van der Waals surface area contributed by atoms with Gasteiger partial charge in [0, 0.05) is 35.0 Å². The van der Waals surface area contributed by atoms with Gasteiger partial charge in [-0.1, -0.05) is 78.4 Å². The van der Waals surface area contributed by atoms with Crippen LogP contribution in [0.2, 0.25) is 0 Å². The van der Waals surface area contributed by atoms with Gasteiger partial charge in [0.1, 0.15) is 11.8 Å². The van der Waals surface area contributed by atoms with Crippen molar-refractivity contribution >= 4 is 50.3 Å². The summed E-state index contributed by atoms with van der Waals surface area (Å²) >= 11 is 0. The van der Waals surface area contributed by atoms with Crippen molar-refractivity contribution in [2.75, 3.05) is 23.0 Å². The molecule has 1 fully saturated rings. The Morgan fingerprint density at radius 1 is 0.850 bits per heavy atom. The first-order chi connectivity index (χ1) is 28.8. The fourth-order valence-electron chi connectivity index (χ4n) is 6.24. The number of phosphoric acid groups is 1. The van der Waals surface area contributed by atoms with Gasteiger partial charge in [-0.3, -0.25) is 28.7 Å². The molecule has 6 atom stereocenters. The van der Waals surface area contributed by atoms with Crippen molar-refractivity contribution in [1.29, 1.82) is 0 Å². The van der Waals surface area contributed by atoms with Crippen LogP contribution in [0.5, 0.6) is 0 Å². The molecule has 0 bridgehead atoms. The van der Waals surface area contributed by atoms with Gasteiger partial charge in [0.2, 0.25) is 0 Å². The van der Waals surface area contributed by atoms with E-state index in [1.807, 2.05) is 31.2 Å². The van der Waals surface area contributed by atoms with E-state index in [9.17, 15) is 33.7 Å². The number of carbonyl (C=O) groups is 2. The van der Waals surface area contributed by atoms with Gasteiger partial charge < -0.3 is 24.8 Å². The second-order valence-corrected chi connectivity index (χ2v) is 17.0. The second kappa shape index (κ2) is 18.0. The minimum Gasteiger partial charge on any atom is -0.439 e. The summed E-state index contributed by atoms with van der Waals surface area (Å²) in [6.07, 6.45) is -6.40. The number of nitrogens with one attached hydrogen (secondary N) is 2. The van der Waals surface area contributed by atoms with Gasteiger partial charge in [-0.05, 0) is 55.0 Å². The molecular formula is C39H38N6O13P2. The van der Waals surface area contributed by atoms with Crippen molar-refractivity contribution in [3.05, 3.63) is 149 Å². The third kappa shape index (κ3) is 10.2. The predicted octanol–water partition coefficient (Wildman–Crippen LogP) is 7.20. The van der Waals surface area contributed by atoms with Gasteiger partial charge in [0.15, 0.2) is 18.4 Å². The average Bonchev–Trinajstić information content (AvgIpc) is 3.81. The third-order valence-corrected chi connectivity index (χ3v) is 12.4. The normalized spacial score (nSPS) is 19.5. The Balaban J connectivity index is 1.22. The van der Waals surface area contributed by atoms with Crippen LogP contribution < -0.4 is 22.1 Å². The Morgan fingerprint density at radius 3 is 2.05 bits per heavy atom. The number of nitrogens with two attached hydrogens (primary N) is 1. The Hall–Kier alpha value is -6.14. The van der Waals surface area contributed by atoms with Crippen LogP contribution in [0.1, 0.15) is 17.4 Å². The number of amides is 2. The molecule has 1 saturated heterocycles. The van der Waals surface area contributed by atoms with Crippen LogP contribution in [0.15, 0.2) is 132 Å². The van der Waals surface area contributed by atoms with E-state index in [1.54, 1.807) is 60.7 Å². The lowest BCUT2D eigenvalue weighted by molar-refractivity contribution is -0.145. The van der Waals surface area contributed by atoms with E-state index in [-0.39, 0.29) is 11.2 Å². The van der Waals surface area contributed by atoms with Gasteiger partial charge in [-0.25, -0.2) is 33.5 Å². The number of hydrogen-bond acceptors (Lipinski definition) is 14. The maximum absolute atomic E-state index is 14.2. The van der Waals surface area contributed by atoms with Crippen molar-refractivity contribution < 1.29 is 56.6 Å². The van der Waals surface area contributed by atoms with E-state index in [2.05, 4.69) is 20.3 Å². The standard InChI is InChI=1S/C39H38N6O13P2/c1-25-12-16-27(17-13-25)31-22-45-33(43-31)20-21-44(39(45)48)36-35(56-38(47)42-30-10-6-3-7-11-30)34(55-37(46)41-29-8-4-2-5-9-29)32(54-36)23-53-60(51,52)58-59(50,57-49)24-26-14-18-28(40)19-15-26/h2-22,32,34-36,49H,23-24,40H2,1H3,(H,41,46)(H,42,47)(H,51,52)/t32-,34+,35?,36-,59?/m1/s1. The maximum atomic E-state index is 14.2. The number of rotatable bonds is 14. The van der Waals surface area contributed by atoms with Gasteiger partial charge in [-0.2, -0.15) is 4.67 Å². The van der Waals surface area contributed by atoms with Crippen molar-refractivity contribution in [2.45, 2.75) is 37.6 Å². The fraction of sp³-hybridized carbons (Fsp3) is 0.179. The highest BCUT2D eigenvalue weighted by Gasteiger charge is 2.52. The highest BCUT2D eigenvalue weighted by atomic mass is 31.3. The van der Waals surface area contributed by atoms with Crippen LogP contribution >= 0.6 is 15.4 Å². The van der Waals surface area contributed by atoms with Gasteiger partial charge >= 0.3 is 33.3 Å². The zero-order valence-corrected chi connectivity index (χ0v) is 33.3. The number of aryl methyl sites for hydroxylation is 1. The van der Waals surface area contributed by atoms with Crippen molar-refractivity contribution in [2.24, 2.45) is 0 Å². The van der Waals surface area contributed by atoms with Gasteiger partial charge in [0.05, 0.1) is 18.5 Å². The number of aromatic nitrogens is 3. The summed E-state index contributed by atoms with van der Waals surface area (Å²) in [7, 11) is -10.2. The van der Waals surface area contributed by atoms with Crippen molar-refractivity contribution in [3.63, 3.8) is 0 Å². The van der Waals surface area contributed by atoms with Crippen LogP contribution in [0.25, 0.3) is 16.9 Å². The number of nitrogen functional groups attached to an aromatic ring is 1. The van der Waals surface area contributed by atoms with E-state index >= 15 is 0 Å². The molecule has 0 radical (unpaired) electrons. The minimum atomic E-state index is -5.41. The predicted molar refractivity (Wildman–Crippen MR) is 217 cm³/mol. The van der Waals surface area contributed by atoms with Gasteiger partial charge in [-0.15, -0.1) is 0 Å². The monoisotopic (exact) mass is 860 g/mol. The summed E-state index contributed by atoms with van der Waals surface area (Å²) in [6, 6.07) is 31.2. The number of benzene rings is 4. The zero-order valence-electron chi connectivity index (χ0n) is 31.5. The topological polar surface area (TPSA) is 253 Å². The zero-order chi connectivity index (χ0) is 42.4. The number of imidazole rings is 1. The Kier molecular flexibility index (Phi) is 12.6. The number of hydrogen-bond donors (Lipinski definition) is 5. The Labute approximate surface area is 341 Å². The molecule has 4 aromatic carbocycles. The maximum Gasteiger partial charge on any atom is 0.479 e. The van der Waals surface area contributed by atoms with E-state index in [0.29, 0.717) is 22.8 Å². The van der Waals surface area contributed by atoms with E-state index in [1.165, 1.54) is 47.1 Å². The Bertz CT molecular complexity index is 2610. The summed E-state index contributed by atoms with van der Waals surface area (Å²) in [5.74, 6) is 0. The summed E-state index contributed by atoms with van der Waals surface area (Å²) in [5.41, 5.74) is 8.80. The third-order valence-electron chi connectivity index (χ3n) is 9.09. The van der Waals surface area contributed by atoms with E-state index < -0.39 is 70.6 Å². The van der Waals surface area contributed by atoms with Crippen LogP contribution in [-0.4, -0.2) is 61.2 Å². The molecule has 0 aliphatic carbocycles.